The second-order valence-electron chi connectivity index (χ2n) is 11.0. The number of carbonyl (C=O) groups is 1. The molecule has 216 valence electrons. The Bertz CT molecular complexity index is 1570. The third-order valence-electron chi connectivity index (χ3n) is 8.63. The zero-order valence-corrected chi connectivity index (χ0v) is 23.8. The first kappa shape index (κ1) is 26.3. The van der Waals surface area contributed by atoms with Gasteiger partial charge in [0.1, 0.15) is 11.6 Å². The molecule has 7 rings (SSSR count). The van der Waals surface area contributed by atoms with E-state index in [2.05, 4.69) is 27.4 Å². The zero-order chi connectivity index (χ0) is 27.9. The van der Waals surface area contributed by atoms with Crippen molar-refractivity contribution in [2.75, 3.05) is 64.1 Å². The summed E-state index contributed by atoms with van der Waals surface area (Å²) in [7, 11) is 1.99. The van der Waals surface area contributed by atoms with Crippen molar-refractivity contribution in [2.45, 2.75) is 38.8 Å². The molecule has 0 saturated carbocycles. The number of imidazole rings is 2. The Kier molecular flexibility index (Phi) is 7.05. The number of hydrogen-bond donors (Lipinski definition) is 0. The van der Waals surface area contributed by atoms with Gasteiger partial charge in [-0.05, 0) is 25.0 Å². The maximum absolute atomic E-state index is 13.3. The van der Waals surface area contributed by atoms with Crippen molar-refractivity contribution in [3.63, 3.8) is 0 Å². The van der Waals surface area contributed by atoms with Crippen LogP contribution in [0, 0.1) is 0 Å². The summed E-state index contributed by atoms with van der Waals surface area (Å²) in [6.07, 6.45) is 2.74. The van der Waals surface area contributed by atoms with Gasteiger partial charge in [-0.15, -0.1) is 0 Å². The van der Waals surface area contributed by atoms with Crippen LogP contribution < -0.4 is 4.90 Å². The number of aromatic nitrogens is 6. The molecular formula is C29H37N9O3. The van der Waals surface area contributed by atoms with Crippen LogP contribution in [0.2, 0.25) is 0 Å². The molecule has 0 spiro atoms. The van der Waals surface area contributed by atoms with E-state index in [0.29, 0.717) is 44.8 Å². The van der Waals surface area contributed by atoms with Crippen molar-refractivity contribution in [1.29, 1.82) is 0 Å². The molecule has 0 aliphatic carbocycles. The fraction of sp³-hybridized carbons (Fsp3) is 0.552. The van der Waals surface area contributed by atoms with E-state index in [1.807, 2.05) is 34.7 Å². The minimum absolute atomic E-state index is 0.146. The Morgan fingerprint density at radius 2 is 1.68 bits per heavy atom. The number of benzene rings is 1. The number of piperazine rings is 1. The Balaban J connectivity index is 1.25. The number of rotatable bonds is 6. The van der Waals surface area contributed by atoms with Gasteiger partial charge in [-0.3, -0.25) is 14.3 Å². The maximum Gasteiger partial charge on any atom is 0.239 e. The van der Waals surface area contributed by atoms with Crippen molar-refractivity contribution in [1.82, 2.24) is 38.9 Å². The van der Waals surface area contributed by atoms with Crippen LogP contribution in [0.1, 0.15) is 31.4 Å². The summed E-state index contributed by atoms with van der Waals surface area (Å²) in [5.41, 5.74) is 3.40. The largest absolute Gasteiger partial charge is 0.381 e. The Morgan fingerprint density at radius 1 is 0.902 bits per heavy atom. The lowest BCUT2D eigenvalue weighted by atomic mass is 10.1. The summed E-state index contributed by atoms with van der Waals surface area (Å²) in [6.45, 7) is 8.85. The fourth-order valence-corrected chi connectivity index (χ4v) is 6.28. The first-order valence-corrected chi connectivity index (χ1v) is 14.7. The predicted molar refractivity (Wildman–Crippen MR) is 154 cm³/mol. The minimum atomic E-state index is 0.146. The summed E-state index contributed by atoms with van der Waals surface area (Å²) in [4.78, 5) is 39.8. The highest BCUT2D eigenvalue weighted by molar-refractivity contribution is 5.86. The number of hydrogen-bond acceptors (Lipinski definition) is 9. The standard InChI is InChI=1S/C29H37N9O3/c1-3-23-30-21-6-4-5-7-22(21)38(23)29-32-27-26(28(33-29)35-12-16-41-17-13-35)31-24(34(27)2)18-37-11-10-36(19-25(37)39)20-8-14-40-15-9-20/h4-7,20H,3,8-19H2,1-2H3. The Morgan fingerprint density at radius 3 is 2.46 bits per heavy atom. The van der Waals surface area contributed by atoms with Gasteiger partial charge in [0, 0.05) is 58.9 Å². The Hall–Kier alpha value is -3.61. The normalized spacial score (nSPS) is 19.6. The van der Waals surface area contributed by atoms with Gasteiger partial charge >= 0.3 is 0 Å². The molecule has 12 heteroatoms. The van der Waals surface area contributed by atoms with Crippen molar-refractivity contribution < 1.29 is 14.3 Å². The molecule has 0 bridgehead atoms. The number of nitrogens with zero attached hydrogens (tertiary/aromatic N) is 9. The van der Waals surface area contributed by atoms with Gasteiger partial charge in [-0.2, -0.15) is 9.97 Å². The molecule has 1 aromatic carbocycles. The molecule has 3 saturated heterocycles. The first-order valence-electron chi connectivity index (χ1n) is 14.7. The van der Waals surface area contributed by atoms with Crippen molar-refractivity contribution in [3.05, 3.63) is 35.9 Å². The molecule has 6 heterocycles. The van der Waals surface area contributed by atoms with E-state index in [0.717, 1.165) is 91.8 Å². The molecule has 3 aromatic heterocycles. The quantitative estimate of drug-likeness (QED) is 0.350. The molecule has 4 aromatic rings. The van der Waals surface area contributed by atoms with E-state index < -0.39 is 0 Å². The summed E-state index contributed by atoms with van der Waals surface area (Å²) >= 11 is 0. The van der Waals surface area contributed by atoms with E-state index in [4.69, 9.17) is 29.4 Å². The van der Waals surface area contributed by atoms with Gasteiger partial charge in [0.25, 0.3) is 0 Å². The average molecular weight is 560 g/mol. The van der Waals surface area contributed by atoms with Gasteiger partial charge in [0.2, 0.25) is 11.9 Å². The maximum atomic E-state index is 13.3. The van der Waals surface area contributed by atoms with Crippen LogP contribution in [0.4, 0.5) is 5.82 Å². The average Bonchev–Trinajstić information content (AvgIpc) is 3.55. The fourth-order valence-electron chi connectivity index (χ4n) is 6.28. The highest BCUT2D eigenvalue weighted by Crippen LogP contribution is 2.29. The van der Waals surface area contributed by atoms with Gasteiger partial charge in [0.15, 0.2) is 17.0 Å². The van der Waals surface area contributed by atoms with Crippen molar-refractivity contribution in [2.24, 2.45) is 7.05 Å². The molecule has 3 aliphatic rings. The summed E-state index contributed by atoms with van der Waals surface area (Å²) < 4.78 is 15.2. The van der Waals surface area contributed by atoms with E-state index in [1.165, 1.54) is 0 Å². The monoisotopic (exact) mass is 559 g/mol. The smallest absolute Gasteiger partial charge is 0.239 e. The van der Waals surface area contributed by atoms with Crippen LogP contribution in [0.3, 0.4) is 0 Å². The lowest BCUT2D eigenvalue weighted by Crippen LogP contribution is -2.54. The number of amides is 1. The van der Waals surface area contributed by atoms with E-state index in [1.54, 1.807) is 0 Å². The molecule has 3 aliphatic heterocycles. The van der Waals surface area contributed by atoms with Gasteiger partial charge < -0.3 is 23.8 Å². The van der Waals surface area contributed by atoms with Gasteiger partial charge in [-0.25, -0.2) is 9.97 Å². The minimum Gasteiger partial charge on any atom is -0.381 e. The van der Waals surface area contributed by atoms with Crippen LogP contribution in [0.15, 0.2) is 24.3 Å². The first-order chi connectivity index (χ1) is 20.1. The predicted octanol–water partition coefficient (Wildman–Crippen LogP) is 1.92. The topological polar surface area (TPSA) is 107 Å². The highest BCUT2D eigenvalue weighted by Gasteiger charge is 2.31. The van der Waals surface area contributed by atoms with Crippen LogP contribution in [-0.2, 0) is 34.3 Å². The van der Waals surface area contributed by atoms with Crippen LogP contribution in [0.25, 0.3) is 28.1 Å². The SMILES string of the molecule is CCc1nc2ccccc2n1-c1nc(N2CCOCC2)c2nc(CN3CCN(C4CCOCC4)CC3=O)n(C)c2n1. The van der Waals surface area contributed by atoms with Crippen LogP contribution in [-0.4, -0.2) is 110 Å². The molecule has 41 heavy (non-hydrogen) atoms. The third kappa shape index (κ3) is 4.83. The second kappa shape index (κ2) is 11.0. The number of aryl methyl sites for hydroxylation is 2. The molecule has 1 amide bonds. The Labute approximate surface area is 238 Å². The van der Waals surface area contributed by atoms with E-state index in [9.17, 15) is 4.79 Å². The van der Waals surface area contributed by atoms with Gasteiger partial charge in [0.05, 0.1) is 37.3 Å². The summed E-state index contributed by atoms with van der Waals surface area (Å²) in [5.74, 6) is 3.24. The number of morpholine rings is 1. The number of anilines is 1. The van der Waals surface area contributed by atoms with Crippen LogP contribution in [0.5, 0.6) is 0 Å². The zero-order valence-electron chi connectivity index (χ0n) is 23.8. The molecule has 0 unspecified atom stereocenters. The van der Waals surface area contributed by atoms with Crippen LogP contribution >= 0.6 is 0 Å². The number of carbonyl (C=O) groups excluding carboxylic acids is 1. The molecule has 0 atom stereocenters. The highest BCUT2D eigenvalue weighted by atomic mass is 16.5. The summed E-state index contributed by atoms with van der Waals surface area (Å²) in [6, 6.07) is 8.53. The summed E-state index contributed by atoms with van der Waals surface area (Å²) in [5, 5.41) is 0. The molecule has 3 fully saturated rings. The molecule has 0 radical (unpaired) electrons. The van der Waals surface area contributed by atoms with E-state index in [-0.39, 0.29) is 5.91 Å². The van der Waals surface area contributed by atoms with E-state index >= 15 is 0 Å². The lowest BCUT2D eigenvalue weighted by Gasteiger charge is -2.40. The number of fused-ring (bicyclic) bond motifs is 2. The number of ether oxygens (including phenoxy) is 2. The second-order valence-corrected chi connectivity index (χ2v) is 11.0. The van der Waals surface area contributed by atoms with Crippen molar-refractivity contribution in [3.8, 4) is 5.95 Å². The molecule has 0 N–H and O–H groups in total. The van der Waals surface area contributed by atoms with Crippen molar-refractivity contribution >= 4 is 33.9 Å². The third-order valence-corrected chi connectivity index (χ3v) is 8.63. The molecular weight excluding hydrogens is 522 g/mol. The van der Waals surface area contributed by atoms with Gasteiger partial charge in [-0.1, -0.05) is 19.1 Å². The number of para-hydroxylation sites is 2. The lowest BCUT2D eigenvalue weighted by molar-refractivity contribution is -0.138. The molecule has 12 nitrogen and oxygen atoms in total.